The first kappa shape index (κ1) is 18.0. The highest BCUT2D eigenvalue weighted by Gasteiger charge is 2.20. The van der Waals surface area contributed by atoms with E-state index in [0.717, 1.165) is 37.7 Å². The van der Waals surface area contributed by atoms with E-state index < -0.39 is 5.97 Å². The van der Waals surface area contributed by atoms with Gasteiger partial charge in [0, 0.05) is 5.92 Å². The number of nitrogens with one attached hydrogen (secondary N) is 1. The van der Waals surface area contributed by atoms with Crippen molar-refractivity contribution in [3.8, 4) is 5.75 Å². The number of carboxylic acids is 1. The van der Waals surface area contributed by atoms with Crippen LogP contribution in [0.3, 0.4) is 0 Å². The number of amides is 1. The average molecular weight is 331 g/mol. The summed E-state index contributed by atoms with van der Waals surface area (Å²) < 4.78 is 5.11. The number of carbonyl (C=O) groups excluding carboxylic acids is 1. The zero-order valence-corrected chi connectivity index (χ0v) is 14.0. The molecule has 130 valence electrons. The lowest BCUT2D eigenvalue weighted by molar-refractivity contribution is -0.139. The molecule has 1 aliphatic rings. The second-order valence-corrected chi connectivity index (χ2v) is 6.16. The lowest BCUT2D eigenvalue weighted by atomic mass is 9.93. The summed E-state index contributed by atoms with van der Waals surface area (Å²) in [5.74, 6) is -0.306. The predicted molar refractivity (Wildman–Crippen MR) is 91.8 cm³/mol. The molecule has 1 aliphatic carbocycles. The molecule has 5 heteroatoms. The molecule has 2 atom stereocenters. The number of ether oxygens (including phenoxy) is 1. The van der Waals surface area contributed by atoms with E-state index in [1.165, 1.54) is 0 Å². The van der Waals surface area contributed by atoms with Gasteiger partial charge in [-0.2, -0.15) is 0 Å². The fourth-order valence-electron chi connectivity index (χ4n) is 2.83. The van der Waals surface area contributed by atoms with E-state index >= 15 is 0 Å². The second-order valence-electron chi connectivity index (χ2n) is 6.16. The number of hydrogen-bond donors (Lipinski definition) is 2. The molecule has 0 saturated heterocycles. The molecule has 2 rings (SSSR count). The molecule has 0 aromatic heterocycles. The van der Waals surface area contributed by atoms with Crippen molar-refractivity contribution in [3.05, 3.63) is 42.0 Å². The molecule has 0 heterocycles. The Balaban J connectivity index is 1.88. The van der Waals surface area contributed by atoms with Gasteiger partial charge in [-0.25, -0.2) is 4.79 Å². The van der Waals surface area contributed by atoms with Gasteiger partial charge in [0.1, 0.15) is 5.75 Å². The van der Waals surface area contributed by atoms with Crippen LogP contribution >= 0.6 is 0 Å². The van der Waals surface area contributed by atoms with Crippen LogP contribution in [0.2, 0.25) is 0 Å². The predicted octanol–water partition coefficient (Wildman–Crippen LogP) is 3.46. The van der Waals surface area contributed by atoms with E-state index in [0.29, 0.717) is 5.75 Å². The Bertz CT molecular complexity index is 580. The number of rotatable bonds is 6. The zero-order valence-electron chi connectivity index (χ0n) is 14.0. The van der Waals surface area contributed by atoms with E-state index in [9.17, 15) is 9.59 Å². The molecule has 1 aromatic rings. The Kier molecular flexibility index (Phi) is 6.85. The lowest BCUT2D eigenvalue weighted by Crippen LogP contribution is -2.33. The van der Waals surface area contributed by atoms with Gasteiger partial charge < -0.3 is 15.2 Å². The molecule has 0 spiro atoms. The maximum atomic E-state index is 12.5. The largest absolute Gasteiger partial charge is 0.482 e. The van der Waals surface area contributed by atoms with E-state index in [1.807, 2.05) is 19.1 Å². The normalized spacial score (nSPS) is 19.0. The third kappa shape index (κ3) is 5.72. The molecule has 1 amide bonds. The van der Waals surface area contributed by atoms with Gasteiger partial charge in [-0.05, 0) is 56.7 Å². The second kappa shape index (κ2) is 9.11. The number of allylic oxidation sites excluding steroid dienone is 2. The van der Waals surface area contributed by atoms with Crippen LogP contribution in [-0.2, 0) is 9.59 Å². The first-order valence-corrected chi connectivity index (χ1v) is 8.46. The summed E-state index contributed by atoms with van der Waals surface area (Å²) in [6, 6.07) is 7.06. The van der Waals surface area contributed by atoms with Crippen molar-refractivity contribution in [1.82, 2.24) is 5.32 Å². The molecule has 0 fully saturated rings. The summed E-state index contributed by atoms with van der Waals surface area (Å²) in [6.07, 6.45) is 9.27. The fraction of sp³-hybridized carbons (Fsp3) is 0.474. The SMILES string of the molecule is CC(NC(=O)C1CCC=CCCC1)c1ccc(OCC(=O)O)cc1. The highest BCUT2D eigenvalue weighted by Crippen LogP contribution is 2.22. The summed E-state index contributed by atoms with van der Waals surface area (Å²) in [4.78, 5) is 23.0. The van der Waals surface area contributed by atoms with E-state index in [4.69, 9.17) is 9.84 Å². The average Bonchev–Trinajstić information content (AvgIpc) is 2.52. The van der Waals surface area contributed by atoms with Crippen LogP contribution < -0.4 is 10.1 Å². The summed E-state index contributed by atoms with van der Waals surface area (Å²) in [6.45, 7) is 1.59. The molecular formula is C19H25NO4. The molecular weight excluding hydrogens is 306 g/mol. The van der Waals surface area contributed by atoms with Crippen LogP contribution in [0.4, 0.5) is 0 Å². The van der Waals surface area contributed by atoms with Gasteiger partial charge in [0.15, 0.2) is 6.61 Å². The van der Waals surface area contributed by atoms with Gasteiger partial charge in [0.05, 0.1) is 6.04 Å². The van der Waals surface area contributed by atoms with Crippen molar-refractivity contribution in [3.63, 3.8) is 0 Å². The molecule has 24 heavy (non-hydrogen) atoms. The van der Waals surface area contributed by atoms with Crippen molar-refractivity contribution in [2.75, 3.05) is 6.61 Å². The van der Waals surface area contributed by atoms with Crippen LogP contribution in [0.25, 0.3) is 0 Å². The Labute approximate surface area is 142 Å². The maximum Gasteiger partial charge on any atom is 0.341 e. The molecule has 2 N–H and O–H groups in total. The summed E-state index contributed by atoms with van der Waals surface area (Å²) in [7, 11) is 0. The Hall–Kier alpha value is -2.30. The lowest BCUT2D eigenvalue weighted by Gasteiger charge is -2.21. The minimum absolute atomic E-state index is 0.0792. The van der Waals surface area contributed by atoms with Crippen molar-refractivity contribution < 1.29 is 19.4 Å². The van der Waals surface area contributed by atoms with Crippen molar-refractivity contribution in [1.29, 1.82) is 0 Å². The molecule has 0 aliphatic heterocycles. The standard InChI is InChI=1S/C19H25NO4/c1-14(15-9-11-17(12-10-15)24-13-18(21)22)20-19(23)16-7-5-3-2-4-6-8-16/h2-3,9-12,14,16H,4-8,13H2,1H3,(H,20,23)(H,21,22). The highest BCUT2D eigenvalue weighted by molar-refractivity contribution is 5.79. The summed E-state index contributed by atoms with van der Waals surface area (Å²) in [5, 5.41) is 11.7. The fourth-order valence-corrected chi connectivity index (χ4v) is 2.83. The van der Waals surface area contributed by atoms with Crippen molar-refractivity contribution >= 4 is 11.9 Å². The first-order valence-electron chi connectivity index (χ1n) is 8.46. The molecule has 0 saturated carbocycles. The van der Waals surface area contributed by atoms with Crippen molar-refractivity contribution in [2.45, 2.75) is 45.1 Å². The maximum absolute atomic E-state index is 12.5. The quantitative estimate of drug-likeness (QED) is 0.783. The van der Waals surface area contributed by atoms with Gasteiger partial charge in [-0.3, -0.25) is 4.79 Å². The van der Waals surface area contributed by atoms with Gasteiger partial charge in [-0.1, -0.05) is 24.3 Å². The van der Waals surface area contributed by atoms with Crippen molar-refractivity contribution in [2.24, 2.45) is 5.92 Å². The Morgan fingerprint density at radius 3 is 2.62 bits per heavy atom. The van der Waals surface area contributed by atoms with E-state index in [-0.39, 0.29) is 24.5 Å². The number of carbonyl (C=O) groups is 2. The third-order valence-electron chi connectivity index (χ3n) is 4.24. The van der Waals surface area contributed by atoms with Crippen LogP contribution in [0, 0.1) is 5.92 Å². The topological polar surface area (TPSA) is 75.6 Å². The summed E-state index contributed by atoms with van der Waals surface area (Å²) in [5.41, 5.74) is 0.969. The number of carboxylic acid groups (broad SMARTS) is 1. The molecule has 5 nitrogen and oxygen atoms in total. The number of benzene rings is 1. The number of aliphatic carboxylic acids is 1. The first-order chi connectivity index (χ1) is 11.6. The van der Waals surface area contributed by atoms with Gasteiger partial charge >= 0.3 is 5.97 Å². The van der Waals surface area contributed by atoms with Crippen LogP contribution in [-0.4, -0.2) is 23.6 Å². The van der Waals surface area contributed by atoms with E-state index in [2.05, 4.69) is 17.5 Å². The van der Waals surface area contributed by atoms with Crippen LogP contribution in [0.1, 0.15) is 50.6 Å². The minimum Gasteiger partial charge on any atom is -0.482 e. The summed E-state index contributed by atoms with van der Waals surface area (Å²) >= 11 is 0. The van der Waals surface area contributed by atoms with Gasteiger partial charge in [-0.15, -0.1) is 0 Å². The zero-order chi connectivity index (χ0) is 17.4. The van der Waals surface area contributed by atoms with Crippen LogP contribution in [0.5, 0.6) is 5.75 Å². The highest BCUT2D eigenvalue weighted by atomic mass is 16.5. The Morgan fingerprint density at radius 1 is 1.21 bits per heavy atom. The monoisotopic (exact) mass is 331 g/mol. The van der Waals surface area contributed by atoms with Gasteiger partial charge in [0.25, 0.3) is 0 Å². The van der Waals surface area contributed by atoms with Crippen LogP contribution in [0.15, 0.2) is 36.4 Å². The minimum atomic E-state index is -1.01. The van der Waals surface area contributed by atoms with E-state index in [1.54, 1.807) is 12.1 Å². The van der Waals surface area contributed by atoms with Gasteiger partial charge in [0.2, 0.25) is 5.91 Å². The Morgan fingerprint density at radius 2 is 1.92 bits per heavy atom. The molecule has 0 bridgehead atoms. The molecule has 0 radical (unpaired) electrons. The molecule has 1 aromatic carbocycles. The number of hydrogen-bond acceptors (Lipinski definition) is 3. The third-order valence-corrected chi connectivity index (χ3v) is 4.24. The smallest absolute Gasteiger partial charge is 0.341 e. The molecule has 2 unspecified atom stereocenters.